The van der Waals surface area contributed by atoms with E-state index >= 15 is 0 Å². The highest BCUT2D eigenvalue weighted by Crippen LogP contribution is 2.23. The van der Waals surface area contributed by atoms with Crippen LogP contribution in [0.25, 0.3) is 0 Å². The van der Waals surface area contributed by atoms with Crippen LogP contribution in [0.3, 0.4) is 0 Å². The number of nitrogens with zero attached hydrogens (tertiary/aromatic N) is 3. The van der Waals surface area contributed by atoms with Gasteiger partial charge in [-0.2, -0.15) is 0 Å². The van der Waals surface area contributed by atoms with Crippen LogP contribution in [0, 0.1) is 0 Å². The highest BCUT2D eigenvalue weighted by molar-refractivity contribution is 14.0. The van der Waals surface area contributed by atoms with Crippen molar-refractivity contribution in [2.45, 2.75) is 12.4 Å². The number of nitrogens with one attached hydrogen (secondary N) is 1. The third kappa shape index (κ3) is 7.65. The molecule has 1 aliphatic rings. The first-order valence-electron chi connectivity index (χ1n) is 7.54. The minimum atomic E-state index is -4.70. The fraction of sp³-hybridized carbons (Fsp3) is 0.533. The summed E-state index contributed by atoms with van der Waals surface area (Å²) in [5.41, 5.74) is 6.38. The molecule has 6 nitrogen and oxygen atoms in total. The molecule has 1 saturated heterocycles. The van der Waals surface area contributed by atoms with Gasteiger partial charge in [-0.1, -0.05) is 0 Å². The number of anilines is 1. The van der Waals surface area contributed by atoms with Gasteiger partial charge in [0.2, 0.25) is 0 Å². The SMILES string of the molecule is CN1CCN(C)C(CN=C(N)Nc2ccc(OC(F)(F)F)cc2)C1.I. The molecule has 0 saturated carbocycles. The molecule has 0 aromatic heterocycles. The van der Waals surface area contributed by atoms with Crippen molar-refractivity contribution in [1.29, 1.82) is 0 Å². The molecule has 0 amide bonds. The average Bonchev–Trinajstić information content (AvgIpc) is 2.49. The molecule has 1 heterocycles. The van der Waals surface area contributed by atoms with E-state index in [2.05, 4.69) is 38.9 Å². The number of hydrogen-bond acceptors (Lipinski definition) is 4. The molecule has 25 heavy (non-hydrogen) atoms. The van der Waals surface area contributed by atoms with Gasteiger partial charge in [0, 0.05) is 31.4 Å². The monoisotopic (exact) mass is 473 g/mol. The number of nitrogens with two attached hydrogens (primary N) is 1. The Labute approximate surface area is 162 Å². The van der Waals surface area contributed by atoms with E-state index in [-0.39, 0.29) is 41.7 Å². The topological polar surface area (TPSA) is 66.1 Å². The van der Waals surface area contributed by atoms with Gasteiger partial charge in [0.25, 0.3) is 0 Å². The van der Waals surface area contributed by atoms with Crippen molar-refractivity contribution in [3.05, 3.63) is 24.3 Å². The second kappa shape index (κ2) is 9.43. The lowest BCUT2D eigenvalue weighted by Crippen LogP contribution is -2.51. The van der Waals surface area contributed by atoms with Gasteiger partial charge in [0.15, 0.2) is 5.96 Å². The van der Waals surface area contributed by atoms with Gasteiger partial charge >= 0.3 is 6.36 Å². The maximum atomic E-state index is 12.1. The van der Waals surface area contributed by atoms with Gasteiger partial charge in [-0.15, -0.1) is 37.1 Å². The lowest BCUT2D eigenvalue weighted by molar-refractivity contribution is -0.274. The number of rotatable bonds is 4. The molecule has 0 aliphatic carbocycles. The predicted octanol–water partition coefficient (Wildman–Crippen LogP) is 2.18. The summed E-state index contributed by atoms with van der Waals surface area (Å²) in [6.07, 6.45) is -4.70. The highest BCUT2D eigenvalue weighted by atomic mass is 127. The second-order valence-electron chi connectivity index (χ2n) is 5.82. The van der Waals surface area contributed by atoms with Crippen LogP contribution in [0.2, 0.25) is 0 Å². The predicted molar refractivity (Wildman–Crippen MR) is 103 cm³/mol. The van der Waals surface area contributed by atoms with Crippen molar-refractivity contribution >= 4 is 35.6 Å². The number of halogens is 4. The van der Waals surface area contributed by atoms with Crippen LogP contribution in [0.4, 0.5) is 18.9 Å². The molecule has 0 spiro atoms. The molecule has 1 fully saturated rings. The van der Waals surface area contributed by atoms with Crippen LogP contribution >= 0.6 is 24.0 Å². The first-order valence-corrected chi connectivity index (χ1v) is 7.54. The molecular formula is C15H23F3IN5O. The number of benzene rings is 1. The number of aliphatic imine (C=N–C) groups is 1. The van der Waals surface area contributed by atoms with Crippen molar-refractivity contribution in [1.82, 2.24) is 9.80 Å². The molecule has 1 unspecified atom stereocenters. The van der Waals surface area contributed by atoms with Crippen LogP contribution in [-0.2, 0) is 0 Å². The maximum absolute atomic E-state index is 12.1. The number of likely N-dealkylation sites (N-methyl/N-ethyl adjacent to an activating group) is 2. The van der Waals surface area contributed by atoms with Gasteiger partial charge < -0.3 is 20.7 Å². The molecule has 3 N–H and O–H groups in total. The summed E-state index contributed by atoms with van der Waals surface area (Å²) in [4.78, 5) is 8.79. The zero-order valence-electron chi connectivity index (χ0n) is 14.1. The Morgan fingerprint density at radius 2 is 1.92 bits per heavy atom. The third-order valence-electron chi connectivity index (χ3n) is 3.81. The van der Waals surface area contributed by atoms with E-state index in [1.807, 2.05) is 0 Å². The van der Waals surface area contributed by atoms with Crippen molar-refractivity contribution in [3.8, 4) is 5.75 Å². The molecule has 1 aromatic rings. The minimum absolute atomic E-state index is 0. The second-order valence-corrected chi connectivity index (χ2v) is 5.82. The molecule has 1 atom stereocenters. The summed E-state index contributed by atoms with van der Waals surface area (Å²) in [7, 11) is 4.12. The summed E-state index contributed by atoms with van der Waals surface area (Å²) in [6.45, 7) is 3.47. The molecule has 142 valence electrons. The van der Waals surface area contributed by atoms with Crippen LogP contribution in [0.5, 0.6) is 5.75 Å². The van der Waals surface area contributed by atoms with Crippen molar-refractivity contribution in [2.24, 2.45) is 10.7 Å². The molecular weight excluding hydrogens is 450 g/mol. The highest BCUT2D eigenvalue weighted by Gasteiger charge is 2.30. The first-order chi connectivity index (χ1) is 11.2. The Morgan fingerprint density at radius 3 is 2.52 bits per heavy atom. The summed E-state index contributed by atoms with van der Waals surface area (Å²) < 4.78 is 40.1. The van der Waals surface area contributed by atoms with Crippen LogP contribution in [0.15, 0.2) is 29.3 Å². The van der Waals surface area contributed by atoms with E-state index in [0.29, 0.717) is 12.2 Å². The third-order valence-corrected chi connectivity index (χ3v) is 3.81. The van der Waals surface area contributed by atoms with E-state index in [1.165, 1.54) is 24.3 Å². The van der Waals surface area contributed by atoms with Gasteiger partial charge in [0.1, 0.15) is 5.75 Å². The summed E-state index contributed by atoms with van der Waals surface area (Å²) >= 11 is 0. The Hall–Kier alpha value is -1.27. The number of hydrogen-bond donors (Lipinski definition) is 2. The zero-order valence-corrected chi connectivity index (χ0v) is 16.4. The zero-order chi connectivity index (χ0) is 17.7. The van der Waals surface area contributed by atoms with Crippen molar-refractivity contribution in [3.63, 3.8) is 0 Å². The first kappa shape index (κ1) is 21.8. The van der Waals surface area contributed by atoms with Gasteiger partial charge in [0.05, 0.1) is 6.54 Å². The molecule has 1 aliphatic heterocycles. The van der Waals surface area contributed by atoms with Gasteiger partial charge in [-0.25, -0.2) is 0 Å². The van der Waals surface area contributed by atoms with Gasteiger partial charge in [-0.05, 0) is 38.4 Å². The Bertz CT molecular complexity index is 567. The summed E-state index contributed by atoms with van der Waals surface area (Å²) in [5.74, 6) is -0.0588. The van der Waals surface area contributed by atoms with E-state index in [0.717, 1.165) is 19.6 Å². The Balaban J connectivity index is 0.00000312. The lowest BCUT2D eigenvalue weighted by atomic mass is 10.2. The number of alkyl halides is 3. The van der Waals surface area contributed by atoms with E-state index in [4.69, 9.17) is 5.73 Å². The van der Waals surface area contributed by atoms with Crippen molar-refractivity contribution in [2.75, 3.05) is 45.6 Å². The van der Waals surface area contributed by atoms with E-state index < -0.39 is 6.36 Å². The smallest absolute Gasteiger partial charge is 0.406 e. The van der Waals surface area contributed by atoms with Crippen molar-refractivity contribution < 1.29 is 17.9 Å². The van der Waals surface area contributed by atoms with Crippen LogP contribution in [-0.4, -0.2) is 68.4 Å². The average molecular weight is 473 g/mol. The number of ether oxygens (including phenoxy) is 1. The number of guanidine groups is 1. The molecule has 1 aromatic carbocycles. The van der Waals surface area contributed by atoms with E-state index in [1.54, 1.807) is 0 Å². The van der Waals surface area contributed by atoms with Crippen LogP contribution in [0.1, 0.15) is 0 Å². The van der Waals surface area contributed by atoms with Crippen LogP contribution < -0.4 is 15.8 Å². The molecule has 0 bridgehead atoms. The maximum Gasteiger partial charge on any atom is 0.573 e. The van der Waals surface area contributed by atoms with E-state index in [9.17, 15) is 13.2 Å². The standard InChI is InChI=1S/C15H22F3N5O.HI/c1-22-7-8-23(2)12(10-22)9-20-14(19)21-11-3-5-13(6-4-11)24-15(16,17)18;/h3-6,12H,7-10H2,1-2H3,(H3,19,20,21);1H. The largest absolute Gasteiger partial charge is 0.573 e. The summed E-state index contributed by atoms with van der Waals surface area (Å²) in [6, 6.07) is 5.61. The fourth-order valence-corrected chi connectivity index (χ4v) is 2.43. The molecule has 0 radical (unpaired) electrons. The summed E-state index contributed by atoms with van der Waals surface area (Å²) in [5, 5.41) is 2.86. The fourth-order valence-electron chi connectivity index (χ4n) is 2.43. The van der Waals surface area contributed by atoms with Gasteiger partial charge in [-0.3, -0.25) is 9.89 Å². The quantitative estimate of drug-likeness (QED) is 0.399. The Morgan fingerprint density at radius 1 is 1.28 bits per heavy atom. The Kier molecular flexibility index (Phi) is 8.22. The normalized spacial score (nSPS) is 20.0. The number of piperazine rings is 1. The molecule has 2 rings (SSSR count). The molecule has 10 heteroatoms. The lowest BCUT2D eigenvalue weighted by Gasteiger charge is -2.36. The minimum Gasteiger partial charge on any atom is -0.406 e.